The fourth-order valence-corrected chi connectivity index (χ4v) is 1.66. The van der Waals surface area contributed by atoms with E-state index in [1.165, 1.54) is 0 Å². The molecule has 0 atom stereocenters. The molecule has 0 saturated heterocycles. The van der Waals surface area contributed by atoms with E-state index in [2.05, 4.69) is 29.2 Å². The maximum atomic E-state index is 5.56. The molecule has 0 aliphatic carbocycles. The summed E-state index contributed by atoms with van der Waals surface area (Å²) in [5, 5.41) is 7.72. The van der Waals surface area contributed by atoms with Gasteiger partial charge in [0.15, 0.2) is 0 Å². The van der Waals surface area contributed by atoms with Crippen LogP contribution < -0.4 is 11.1 Å². The second kappa shape index (κ2) is 5.64. The summed E-state index contributed by atoms with van der Waals surface area (Å²) in [5.74, 6) is 0.884. The van der Waals surface area contributed by atoms with Crippen LogP contribution in [0.2, 0.25) is 0 Å². The molecule has 0 aromatic carbocycles. The molecule has 0 bridgehead atoms. The molecular weight excluding hydrogens is 226 g/mol. The van der Waals surface area contributed by atoms with E-state index in [9.17, 15) is 0 Å². The number of nitrogens with two attached hydrogens (primary N) is 1. The van der Waals surface area contributed by atoms with Crippen molar-refractivity contribution in [1.29, 1.82) is 0 Å². The normalized spacial score (nSPS) is 10.9. The van der Waals surface area contributed by atoms with Crippen molar-refractivity contribution >= 4 is 5.82 Å². The van der Waals surface area contributed by atoms with Crippen molar-refractivity contribution in [3.8, 4) is 0 Å². The van der Waals surface area contributed by atoms with Crippen LogP contribution in [0, 0.1) is 0 Å². The van der Waals surface area contributed by atoms with Gasteiger partial charge in [-0.2, -0.15) is 5.10 Å². The van der Waals surface area contributed by atoms with E-state index < -0.39 is 0 Å². The highest BCUT2D eigenvalue weighted by atomic mass is 15.3. The average Bonchev–Trinajstić information content (AvgIpc) is 2.85. The number of hydrogen-bond donors (Lipinski definition) is 2. The van der Waals surface area contributed by atoms with Crippen LogP contribution in [0.25, 0.3) is 0 Å². The highest BCUT2D eigenvalue weighted by molar-refractivity contribution is 5.34. The van der Waals surface area contributed by atoms with Gasteiger partial charge in [0.2, 0.25) is 0 Å². The smallest absolute Gasteiger partial charge is 0.148 e. The predicted molar refractivity (Wildman–Crippen MR) is 72.1 cm³/mol. The van der Waals surface area contributed by atoms with Gasteiger partial charge >= 0.3 is 0 Å². The number of aromatic nitrogens is 3. The van der Waals surface area contributed by atoms with Crippen LogP contribution in [0.5, 0.6) is 0 Å². The molecule has 3 N–H and O–H groups in total. The van der Waals surface area contributed by atoms with Gasteiger partial charge in [-0.15, -0.1) is 0 Å². The molecule has 5 nitrogen and oxygen atoms in total. The zero-order chi connectivity index (χ0) is 13.0. The Morgan fingerprint density at radius 1 is 1.39 bits per heavy atom. The van der Waals surface area contributed by atoms with Crippen molar-refractivity contribution in [2.24, 2.45) is 5.73 Å². The van der Waals surface area contributed by atoms with Crippen LogP contribution in [0.1, 0.15) is 31.1 Å². The molecule has 0 unspecified atom stereocenters. The first-order valence-electron chi connectivity index (χ1n) is 6.12. The van der Waals surface area contributed by atoms with Gasteiger partial charge in [-0.3, -0.25) is 9.67 Å². The van der Waals surface area contributed by atoms with Gasteiger partial charge in [-0.05, 0) is 31.5 Å². The van der Waals surface area contributed by atoms with Crippen LogP contribution in [-0.2, 0) is 13.1 Å². The number of anilines is 1. The number of nitrogens with zero attached hydrogens (tertiary/aromatic N) is 3. The zero-order valence-corrected chi connectivity index (χ0v) is 10.8. The first-order valence-corrected chi connectivity index (χ1v) is 6.12. The van der Waals surface area contributed by atoms with Crippen molar-refractivity contribution < 1.29 is 0 Å². The fourth-order valence-electron chi connectivity index (χ4n) is 1.66. The summed E-state index contributed by atoms with van der Waals surface area (Å²) in [5.41, 5.74) is 7.63. The Balaban J connectivity index is 1.97. The van der Waals surface area contributed by atoms with Crippen LogP contribution >= 0.6 is 0 Å². The van der Waals surface area contributed by atoms with E-state index in [1.807, 2.05) is 29.1 Å². The Labute approximate surface area is 107 Å². The van der Waals surface area contributed by atoms with E-state index in [0.717, 1.165) is 23.6 Å². The van der Waals surface area contributed by atoms with Crippen molar-refractivity contribution in [3.63, 3.8) is 0 Å². The molecule has 0 saturated carbocycles. The van der Waals surface area contributed by atoms with E-state index in [-0.39, 0.29) is 0 Å². The Morgan fingerprint density at radius 3 is 2.89 bits per heavy atom. The molecule has 0 amide bonds. The minimum atomic E-state index is 0.380. The predicted octanol–water partition coefficient (Wildman–Crippen LogP) is 1.93. The maximum absolute atomic E-state index is 5.56. The van der Waals surface area contributed by atoms with Gasteiger partial charge in [0.25, 0.3) is 0 Å². The Hall–Kier alpha value is -1.88. The first kappa shape index (κ1) is 12.6. The molecule has 5 heteroatoms. The molecule has 0 aliphatic rings. The average molecular weight is 245 g/mol. The third kappa shape index (κ3) is 3.07. The van der Waals surface area contributed by atoms with Crippen molar-refractivity contribution in [2.75, 3.05) is 5.32 Å². The van der Waals surface area contributed by atoms with Crippen LogP contribution in [0.15, 0.2) is 30.6 Å². The minimum Gasteiger partial charge on any atom is -0.365 e. The Kier molecular flexibility index (Phi) is 3.94. The van der Waals surface area contributed by atoms with Crippen LogP contribution in [0.4, 0.5) is 5.82 Å². The summed E-state index contributed by atoms with van der Waals surface area (Å²) in [6, 6.07) is 6.34. The molecule has 2 aromatic heterocycles. The molecule has 2 heterocycles. The standard InChI is InChI=1S/C13H19N5/c1-10(2)18-6-4-13(17-18)16-9-11-3-5-15-12(7-11)8-14/h3-7,10H,8-9,14H2,1-2H3,(H,16,17). The fraction of sp³-hybridized carbons (Fsp3) is 0.385. The number of nitrogens with one attached hydrogen (secondary N) is 1. The van der Waals surface area contributed by atoms with Gasteiger partial charge in [0.05, 0.1) is 5.69 Å². The Bertz CT molecular complexity index is 504. The zero-order valence-electron chi connectivity index (χ0n) is 10.8. The van der Waals surface area contributed by atoms with Gasteiger partial charge in [0, 0.05) is 37.6 Å². The lowest BCUT2D eigenvalue weighted by atomic mass is 10.2. The summed E-state index contributed by atoms with van der Waals surface area (Å²) < 4.78 is 1.93. The second-order valence-corrected chi connectivity index (χ2v) is 4.49. The molecule has 0 fully saturated rings. The third-order valence-electron chi connectivity index (χ3n) is 2.70. The number of pyridine rings is 1. The van der Waals surface area contributed by atoms with E-state index in [1.54, 1.807) is 6.20 Å². The highest BCUT2D eigenvalue weighted by Gasteiger charge is 2.02. The lowest BCUT2D eigenvalue weighted by Gasteiger charge is -2.06. The number of hydrogen-bond acceptors (Lipinski definition) is 4. The molecule has 18 heavy (non-hydrogen) atoms. The SMILES string of the molecule is CC(C)n1ccc(NCc2ccnc(CN)c2)n1. The quantitative estimate of drug-likeness (QED) is 0.844. The monoisotopic (exact) mass is 245 g/mol. The van der Waals surface area contributed by atoms with Crippen LogP contribution in [-0.4, -0.2) is 14.8 Å². The van der Waals surface area contributed by atoms with Crippen molar-refractivity contribution in [2.45, 2.75) is 33.0 Å². The van der Waals surface area contributed by atoms with E-state index in [4.69, 9.17) is 5.73 Å². The lowest BCUT2D eigenvalue weighted by molar-refractivity contribution is 0.534. The molecule has 96 valence electrons. The summed E-state index contributed by atoms with van der Waals surface area (Å²) >= 11 is 0. The second-order valence-electron chi connectivity index (χ2n) is 4.49. The highest BCUT2D eigenvalue weighted by Crippen LogP contribution is 2.10. The molecule has 0 aliphatic heterocycles. The summed E-state index contributed by atoms with van der Waals surface area (Å²) in [6.07, 6.45) is 3.76. The first-order chi connectivity index (χ1) is 8.69. The molecule has 2 aromatic rings. The molecular formula is C13H19N5. The van der Waals surface area contributed by atoms with Gasteiger partial charge in [-0.25, -0.2) is 0 Å². The van der Waals surface area contributed by atoms with Gasteiger partial charge in [0.1, 0.15) is 5.82 Å². The minimum absolute atomic E-state index is 0.380. The van der Waals surface area contributed by atoms with Crippen molar-refractivity contribution in [3.05, 3.63) is 41.9 Å². The summed E-state index contributed by atoms with van der Waals surface area (Å²) in [4.78, 5) is 4.17. The topological polar surface area (TPSA) is 68.8 Å². The maximum Gasteiger partial charge on any atom is 0.148 e. The molecule has 0 spiro atoms. The van der Waals surface area contributed by atoms with Crippen LogP contribution in [0.3, 0.4) is 0 Å². The number of rotatable bonds is 5. The Morgan fingerprint density at radius 2 is 2.22 bits per heavy atom. The van der Waals surface area contributed by atoms with Crippen molar-refractivity contribution in [1.82, 2.24) is 14.8 Å². The lowest BCUT2D eigenvalue weighted by Crippen LogP contribution is -2.05. The van der Waals surface area contributed by atoms with Gasteiger partial charge < -0.3 is 11.1 Å². The van der Waals surface area contributed by atoms with Gasteiger partial charge in [-0.1, -0.05) is 0 Å². The summed E-state index contributed by atoms with van der Waals surface area (Å²) in [7, 11) is 0. The van der Waals surface area contributed by atoms with E-state index in [0.29, 0.717) is 12.6 Å². The largest absolute Gasteiger partial charge is 0.365 e. The molecule has 0 radical (unpaired) electrons. The molecule has 2 rings (SSSR count). The van der Waals surface area contributed by atoms with E-state index >= 15 is 0 Å². The summed E-state index contributed by atoms with van der Waals surface area (Å²) in [6.45, 7) is 5.40. The third-order valence-corrected chi connectivity index (χ3v) is 2.70.